The molecule has 146 valence electrons. The highest BCUT2D eigenvalue weighted by Gasteiger charge is 2.18. The van der Waals surface area contributed by atoms with Gasteiger partial charge in [-0.05, 0) is 17.5 Å². The molecule has 3 aromatic rings. The van der Waals surface area contributed by atoms with Crippen LogP contribution in [0.2, 0.25) is 0 Å². The fourth-order valence-electron chi connectivity index (χ4n) is 3.33. The van der Waals surface area contributed by atoms with Crippen molar-refractivity contribution in [1.82, 2.24) is 19.4 Å². The fourth-order valence-corrected chi connectivity index (χ4v) is 3.33. The molecule has 0 saturated carbocycles. The summed E-state index contributed by atoms with van der Waals surface area (Å²) in [7, 11) is 2.95. The molecule has 1 unspecified atom stereocenters. The number of benzene rings is 1. The molecular formula is C21H24N4O3. The Balaban J connectivity index is 1.87. The Labute approximate surface area is 162 Å². The topological polar surface area (TPSA) is 86.0 Å². The van der Waals surface area contributed by atoms with Crippen molar-refractivity contribution in [2.45, 2.75) is 19.8 Å². The second kappa shape index (κ2) is 7.80. The number of amides is 1. The summed E-state index contributed by atoms with van der Waals surface area (Å²) in [4.78, 5) is 41.2. The van der Waals surface area contributed by atoms with E-state index in [1.54, 1.807) is 7.05 Å². The van der Waals surface area contributed by atoms with E-state index in [4.69, 9.17) is 0 Å². The van der Waals surface area contributed by atoms with E-state index in [-0.39, 0.29) is 22.9 Å². The van der Waals surface area contributed by atoms with Gasteiger partial charge in [0.05, 0.1) is 10.9 Å². The van der Waals surface area contributed by atoms with Crippen LogP contribution in [0.4, 0.5) is 0 Å². The second-order valence-corrected chi connectivity index (χ2v) is 7.27. The molecule has 0 radical (unpaired) electrons. The van der Waals surface area contributed by atoms with Crippen molar-refractivity contribution in [2.75, 3.05) is 6.54 Å². The van der Waals surface area contributed by atoms with E-state index in [2.05, 4.69) is 36.3 Å². The molecule has 1 atom stereocenters. The van der Waals surface area contributed by atoms with Gasteiger partial charge in [-0.15, -0.1) is 0 Å². The van der Waals surface area contributed by atoms with Crippen LogP contribution in [0, 0.1) is 5.92 Å². The van der Waals surface area contributed by atoms with E-state index in [1.165, 1.54) is 29.4 Å². The van der Waals surface area contributed by atoms with Gasteiger partial charge in [-0.25, -0.2) is 9.78 Å². The lowest BCUT2D eigenvalue weighted by atomic mass is 9.88. The van der Waals surface area contributed by atoms with Crippen LogP contribution in [-0.2, 0) is 14.1 Å². The number of rotatable bonds is 5. The third-order valence-electron chi connectivity index (χ3n) is 5.07. The van der Waals surface area contributed by atoms with Crippen molar-refractivity contribution in [3.63, 3.8) is 0 Å². The van der Waals surface area contributed by atoms with Crippen LogP contribution >= 0.6 is 0 Å². The third kappa shape index (κ3) is 3.60. The highest BCUT2D eigenvalue weighted by atomic mass is 16.2. The molecule has 1 aromatic carbocycles. The Morgan fingerprint density at radius 3 is 2.43 bits per heavy atom. The lowest BCUT2D eigenvalue weighted by Gasteiger charge is -2.22. The number of carbonyl (C=O) groups excluding carboxylic acids is 1. The lowest BCUT2D eigenvalue weighted by molar-refractivity contribution is 0.0949. The van der Waals surface area contributed by atoms with E-state index in [0.717, 1.165) is 4.57 Å². The number of aryl methyl sites for hydroxylation is 1. The first kappa shape index (κ1) is 19.5. The van der Waals surface area contributed by atoms with Gasteiger partial charge in [0.25, 0.3) is 11.5 Å². The molecule has 1 N–H and O–H groups in total. The van der Waals surface area contributed by atoms with Crippen LogP contribution in [-0.4, -0.2) is 26.6 Å². The predicted octanol–water partition coefficient (Wildman–Crippen LogP) is 1.80. The maximum Gasteiger partial charge on any atom is 0.332 e. The molecule has 0 aliphatic carbocycles. The fraction of sp³-hybridized carbons (Fsp3) is 0.333. The van der Waals surface area contributed by atoms with Gasteiger partial charge >= 0.3 is 5.69 Å². The predicted molar refractivity (Wildman–Crippen MR) is 109 cm³/mol. The molecule has 7 heteroatoms. The van der Waals surface area contributed by atoms with Gasteiger partial charge in [0.1, 0.15) is 5.65 Å². The third-order valence-corrected chi connectivity index (χ3v) is 5.07. The van der Waals surface area contributed by atoms with Gasteiger partial charge in [-0.2, -0.15) is 0 Å². The number of hydrogen-bond donors (Lipinski definition) is 1. The molecule has 7 nitrogen and oxygen atoms in total. The summed E-state index contributed by atoms with van der Waals surface area (Å²) in [5.41, 5.74) is 0.792. The van der Waals surface area contributed by atoms with Crippen molar-refractivity contribution in [2.24, 2.45) is 20.0 Å². The Bertz CT molecular complexity index is 1130. The number of aromatic nitrogens is 3. The molecular weight excluding hydrogens is 356 g/mol. The van der Waals surface area contributed by atoms with Crippen molar-refractivity contribution in [3.8, 4) is 0 Å². The van der Waals surface area contributed by atoms with Crippen LogP contribution in [0.5, 0.6) is 0 Å². The zero-order chi connectivity index (χ0) is 20.4. The van der Waals surface area contributed by atoms with Gasteiger partial charge in [-0.3, -0.25) is 18.7 Å². The van der Waals surface area contributed by atoms with E-state index >= 15 is 0 Å². The van der Waals surface area contributed by atoms with Crippen molar-refractivity contribution in [3.05, 3.63) is 74.6 Å². The summed E-state index contributed by atoms with van der Waals surface area (Å²) in [5, 5.41) is 3.18. The quantitative estimate of drug-likeness (QED) is 0.731. The zero-order valence-corrected chi connectivity index (χ0v) is 16.5. The molecule has 0 bridgehead atoms. The van der Waals surface area contributed by atoms with Gasteiger partial charge in [-0.1, -0.05) is 44.2 Å². The minimum Gasteiger partial charge on any atom is -0.351 e. The highest BCUT2D eigenvalue weighted by Crippen LogP contribution is 2.23. The Kier molecular flexibility index (Phi) is 5.44. The number of hydrogen-bond acceptors (Lipinski definition) is 4. The summed E-state index contributed by atoms with van der Waals surface area (Å²) in [6.07, 6.45) is 1.39. The van der Waals surface area contributed by atoms with Crippen LogP contribution in [0.25, 0.3) is 11.0 Å². The monoisotopic (exact) mass is 380 g/mol. The van der Waals surface area contributed by atoms with E-state index in [1.807, 2.05) is 18.2 Å². The average Bonchev–Trinajstić information content (AvgIpc) is 2.70. The summed E-state index contributed by atoms with van der Waals surface area (Å²) < 4.78 is 2.30. The van der Waals surface area contributed by atoms with Crippen LogP contribution < -0.4 is 16.6 Å². The van der Waals surface area contributed by atoms with E-state index in [0.29, 0.717) is 18.0 Å². The number of fused-ring (bicyclic) bond motifs is 1. The Morgan fingerprint density at radius 1 is 1.11 bits per heavy atom. The standard InChI is InChI=1S/C21H24N4O3/c1-13(2)17(14-8-6-5-7-9-14)12-23-19(26)15-10-16-18(22-11-15)24(3)21(28)25(4)20(16)27/h5-11,13,17H,12H2,1-4H3,(H,23,26). The SMILES string of the molecule is CC(C)C(CNC(=O)c1cnc2c(c1)c(=O)n(C)c(=O)n2C)c1ccccc1. The molecule has 28 heavy (non-hydrogen) atoms. The number of pyridine rings is 1. The average molecular weight is 380 g/mol. The largest absolute Gasteiger partial charge is 0.351 e. The maximum absolute atomic E-state index is 12.7. The van der Waals surface area contributed by atoms with Crippen LogP contribution in [0.1, 0.15) is 35.7 Å². The van der Waals surface area contributed by atoms with Crippen molar-refractivity contribution < 1.29 is 4.79 Å². The van der Waals surface area contributed by atoms with Gasteiger partial charge in [0.2, 0.25) is 0 Å². The molecule has 3 rings (SSSR count). The highest BCUT2D eigenvalue weighted by molar-refractivity contribution is 5.96. The van der Waals surface area contributed by atoms with Crippen molar-refractivity contribution in [1.29, 1.82) is 0 Å². The Hall–Kier alpha value is -3.22. The first-order valence-corrected chi connectivity index (χ1v) is 9.20. The summed E-state index contributed by atoms with van der Waals surface area (Å²) >= 11 is 0. The Morgan fingerprint density at radius 2 is 1.79 bits per heavy atom. The van der Waals surface area contributed by atoms with Crippen molar-refractivity contribution >= 4 is 16.9 Å². The van der Waals surface area contributed by atoms with Gasteiger partial charge in [0.15, 0.2) is 0 Å². The van der Waals surface area contributed by atoms with Gasteiger partial charge < -0.3 is 5.32 Å². The number of carbonyl (C=O) groups is 1. The smallest absolute Gasteiger partial charge is 0.332 e. The van der Waals surface area contributed by atoms with Gasteiger partial charge in [0, 0.05) is 32.8 Å². The first-order valence-electron chi connectivity index (χ1n) is 9.20. The molecule has 2 aromatic heterocycles. The normalized spacial score (nSPS) is 12.3. The molecule has 0 fully saturated rings. The first-order chi connectivity index (χ1) is 13.3. The minimum atomic E-state index is -0.468. The molecule has 0 aliphatic heterocycles. The second-order valence-electron chi connectivity index (χ2n) is 7.27. The maximum atomic E-state index is 12.7. The summed E-state index contributed by atoms with van der Waals surface area (Å²) in [6.45, 7) is 4.71. The minimum absolute atomic E-state index is 0.173. The molecule has 0 spiro atoms. The molecule has 0 saturated heterocycles. The number of nitrogens with zero attached hydrogens (tertiary/aromatic N) is 3. The molecule has 1 amide bonds. The number of nitrogens with one attached hydrogen (secondary N) is 1. The molecule has 2 heterocycles. The molecule has 0 aliphatic rings. The summed E-state index contributed by atoms with van der Waals surface area (Å²) in [5.74, 6) is 0.221. The van der Waals surface area contributed by atoms with E-state index < -0.39 is 11.2 Å². The zero-order valence-electron chi connectivity index (χ0n) is 16.5. The van der Waals surface area contributed by atoms with Crippen LogP contribution in [0.3, 0.4) is 0 Å². The summed E-state index contributed by atoms with van der Waals surface area (Å²) in [6, 6.07) is 11.5. The lowest BCUT2D eigenvalue weighted by Crippen LogP contribution is -2.37. The van der Waals surface area contributed by atoms with E-state index in [9.17, 15) is 14.4 Å². The van der Waals surface area contributed by atoms with Crippen LogP contribution in [0.15, 0.2) is 52.2 Å².